The maximum absolute atomic E-state index is 13.4. The number of imidazole rings is 2. The van der Waals surface area contributed by atoms with Crippen LogP contribution in [0.5, 0.6) is 0 Å². The van der Waals surface area contributed by atoms with Crippen LogP contribution in [0.4, 0.5) is 4.39 Å². The highest BCUT2D eigenvalue weighted by atomic mass is 19.1. The summed E-state index contributed by atoms with van der Waals surface area (Å²) < 4.78 is 22.6. The van der Waals surface area contributed by atoms with Crippen molar-refractivity contribution >= 4 is 0 Å². The summed E-state index contributed by atoms with van der Waals surface area (Å²) in [6.07, 6.45) is 6.98. The molecule has 3 heterocycles. The van der Waals surface area contributed by atoms with Gasteiger partial charge in [0.1, 0.15) is 5.82 Å². The molecular formula is C21H20FN5O2. The van der Waals surface area contributed by atoms with E-state index >= 15 is 0 Å². The van der Waals surface area contributed by atoms with Crippen LogP contribution in [0.15, 0.2) is 66.2 Å². The Kier molecular flexibility index (Phi) is 5.35. The van der Waals surface area contributed by atoms with Crippen molar-refractivity contribution in [1.82, 2.24) is 24.1 Å². The van der Waals surface area contributed by atoms with Crippen molar-refractivity contribution in [2.45, 2.75) is 13.1 Å². The Balaban J connectivity index is 1.78. The molecule has 4 rings (SSSR count). The summed E-state index contributed by atoms with van der Waals surface area (Å²) in [6, 6.07) is 9.43. The first-order chi connectivity index (χ1) is 14.2. The SMILES string of the molecule is COCCn1cncc1Cn1cnc(-c2ccc(F)cc2)c1-c1ccc(=O)[nH]c1. The Hall–Kier alpha value is -3.52. The number of nitrogens with one attached hydrogen (secondary N) is 1. The van der Waals surface area contributed by atoms with Crippen LogP contribution >= 0.6 is 0 Å². The molecule has 0 saturated carbocycles. The fourth-order valence-corrected chi connectivity index (χ4v) is 3.23. The quantitative estimate of drug-likeness (QED) is 0.524. The van der Waals surface area contributed by atoms with E-state index < -0.39 is 0 Å². The molecular weight excluding hydrogens is 373 g/mol. The summed E-state index contributed by atoms with van der Waals surface area (Å²) in [5.74, 6) is -0.305. The molecule has 29 heavy (non-hydrogen) atoms. The van der Waals surface area contributed by atoms with Crippen LogP contribution in [0.1, 0.15) is 5.69 Å². The molecule has 0 unspecified atom stereocenters. The molecule has 0 aliphatic rings. The highest BCUT2D eigenvalue weighted by molar-refractivity contribution is 5.78. The van der Waals surface area contributed by atoms with E-state index in [1.54, 1.807) is 44.2 Å². The summed E-state index contributed by atoms with van der Waals surface area (Å²) >= 11 is 0. The normalized spacial score (nSPS) is 11.1. The highest BCUT2D eigenvalue weighted by Crippen LogP contribution is 2.31. The number of benzene rings is 1. The van der Waals surface area contributed by atoms with Crippen molar-refractivity contribution < 1.29 is 9.13 Å². The molecule has 4 aromatic rings. The van der Waals surface area contributed by atoms with Gasteiger partial charge in [0.25, 0.3) is 0 Å². The van der Waals surface area contributed by atoms with E-state index in [1.165, 1.54) is 18.2 Å². The van der Waals surface area contributed by atoms with Gasteiger partial charge in [0.2, 0.25) is 5.56 Å². The van der Waals surface area contributed by atoms with Crippen LogP contribution in [0.2, 0.25) is 0 Å². The van der Waals surface area contributed by atoms with Crippen molar-refractivity contribution in [1.29, 1.82) is 0 Å². The lowest BCUT2D eigenvalue weighted by Crippen LogP contribution is -2.11. The van der Waals surface area contributed by atoms with Gasteiger partial charge >= 0.3 is 0 Å². The number of aromatic amines is 1. The number of methoxy groups -OCH3 is 1. The second-order valence-corrected chi connectivity index (χ2v) is 6.59. The smallest absolute Gasteiger partial charge is 0.247 e. The van der Waals surface area contributed by atoms with Crippen LogP contribution in [-0.2, 0) is 17.8 Å². The Bertz CT molecular complexity index is 1140. The molecule has 0 fully saturated rings. The number of nitrogens with zero attached hydrogens (tertiary/aromatic N) is 4. The van der Waals surface area contributed by atoms with Crippen molar-refractivity contribution in [2.75, 3.05) is 13.7 Å². The fourth-order valence-electron chi connectivity index (χ4n) is 3.23. The molecule has 0 aliphatic heterocycles. The van der Waals surface area contributed by atoms with Gasteiger partial charge in [-0.05, 0) is 30.3 Å². The lowest BCUT2D eigenvalue weighted by atomic mass is 10.1. The number of ether oxygens (including phenoxy) is 1. The van der Waals surface area contributed by atoms with Gasteiger partial charge < -0.3 is 18.9 Å². The number of halogens is 1. The van der Waals surface area contributed by atoms with E-state index in [0.717, 1.165) is 22.5 Å². The molecule has 1 aromatic carbocycles. The minimum absolute atomic E-state index is 0.180. The number of hydrogen-bond acceptors (Lipinski definition) is 4. The number of H-pyrrole nitrogens is 1. The van der Waals surface area contributed by atoms with E-state index in [1.807, 2.05) is 15.3 Å². The summed E-state index contributed by atoms with van der Waals surface area (Å²) in [5.41, 5.74) is 3.95. The van der Waals surface area contributed by atoms with Crippen LogP contribution < -0.4 is 5.56 Å². The molecule has 0 spiro atoms. The van der Waals surface area contributed by atoms with E-state index in [9.17, 15) is 9.18 Å². The van der Waals surface area contributed by atoms with Crippen LogP contribution in [0, 0.1) is 5.82 Å². The maximum Gasteiger partial charge on any atom is 0.247 e. The van der Waals surface area contributed by atoms with Crippen molar-refractivity contribution in [3.8, 4) is 22.5 Å². The monoisotopic (exact) mass is 393 g/mol. The summed E-state index contributed by atoms with van der Waals surface area (Å²) in [7, 11) is 1.66. The maximum atomic E-state index is 13.4. The topological polar surface area (TPSA) is 77.7 Å². The molecule has 8 heteroatoms. The lowest BCUT2D eigenvalue weighted by Gasteiger charge is -2.12. The van der Waals surface area contributed by atoms with Gasteiger partial charge in [-0.15, -0.1) is 0 Å². The van der Waals surface area contributed by atoms with Crippen molar-refractivity contribution in [3.05, 3.63) is 83.3 Å². The number of aromatic nitrogens is 5. The summed E-state index contributed by atoms with van der Waals surface area (Å²) in [5, 5.41) is 0. The molecule has 0 atom stereocenters. The zero-order chi connectivity index (χ0) is 20.2. The van der Waals surface area contributed by atoms with Gasteiger partial charge in [-0.3, -0.25) is 4.79 Å². The molecule has 148 valence electrons. The van der Waals surface area contributed by atoms with Gasteiger partial charge in [0, 0.05) is 43.2 Å². The van der Waals surface area contributed by atoms with Gasteiger partial charge in [-0.25, -0.2) is 14.4 Å². The minimum Gasteiger partial charge on any atom is -0.383 e. The van der Waals surface area contributed by atoms with E-state index in [-0.39, 0.29) is 11.4 Å². The Morgan fingerprint density at radius 2 is 1.86 bits per heavy atom. The number of rotatable bonds is 7. The molecule has 0 aliphatic carbocycles. The predicted octanol–water partition coefficient (Wildman–Crippen LogP) is 2.94. The third kappa shape index (κ3) is 4.02. The molecule has 0 amide bonds. The second-order valence-electron chi connectivity index (χ2n) is 6.59. The Labute approximate surface area is 166 Å². The molecule has 7 nitrogen and oxygen atoms in total. The largest absolute Gasteiger partial charge is 0.383 e. The average molecular weight is 393 g/mol. The minimum atomic E-state index is -0.305. The van der Waals surface area contributed by atoms with Crippen molar-refractivity contribution in [2.24, 2.45) is 0 Å². The first-order valence-corrected chi connectivity index (χ1v) is 9.14. The number of pyridine rings is 1. The second kappa shape index (κ2) is 8.24. The van der Waals surface area contributed by atoms with E-state index in [0.29, 0.717) is 25.4 Å². The van der Waals surface area contributed by atoms with Gasteiger partial charge in [-0.2, -0.15) is 0 Å². The standard InChI is InChI=1S/C21H20FN5O2/c1-29-9-8-26-13-23-11-18(26)12-27-14-25-20(15-2-5-17(22)6-3-15)21(27)16-4-7-19(28)24-10-16/h2-7,10-11,13-14H,8-9,12H2,1H3,(H,24,28). The lowest BCUT2D eigenvalue weighted by molar-refractivity contribution is 0.186. The number of hydrogen-bond donors (Lipinski definition) is 1. The molecule has 0 saturated heterocycles. The van der Waals surface area contributed by atoms with Crippen LogP contribution in [0.25, 0.3) is 22.5 Å². The molecule has 0 radical (unpaired) electrons. The molecule has 3 aromatic heterocycles. The van der Waals surface area contributed by atoms with E-state index in [4.69, 9.17) is 4.74 Å². The Morgan fingerprint density at radius 3 is 2.59 bits per heavy atom. The van der Waals surface area contributed by atoms with Gasteiger partial charge in [-0.1, -0.05) is 0 Å². The highest BCUT2D eigenvalue weighted by Gasteiger charge is 2.17. The molecule has 1 N–H and O–H groups in total. The zero-order valence-electron chi connectivity index (χ0n) is 15.9. The third-order valence-electron chi connectivity index (χ3n) is 4.68. The fraction of sp³-hybridized carbons (Fsp3) is 0.190. The predicted molar refractivity (Wildman–Crippen MR) is 107 cm³/mol. The Morgan fingerprint density at radius 1 is 1.07 bits per heavy atom. The average Bonchev–Trinajstić information content (AvgIpc) is 3.35. The van der Waals surface area contributed by atoms with Gasteiger partial charge in [0.15, 0.2) is 0 Å². The van der Waals surface area contributed by atoms with Crippen LogP contribution in [0.3, 0.4) is 0 Å². The van der Waals surface area contributed by atoms with Crippen molar-refractivity contribution in [3.63, 3.8) is 0 Å². The first-order valence-electron chi connectivity index (χ1n) is 9.14. The molecule has 0 bridgehead atoms. The first kappa shape index (κ1) is 18.8. The summed E-state index contributed by atoms with van der Waals surface area (Å²) in [4.78, 5) is 23.1. The zero-order valence-corrected chi connectivity index (χ0v) is 15.9. The van der Waals surface area contributed by atoms with Crippen LogP contribution in [-0.4, -0.2) is 37.8 Å². The van der Waals surface area contributed by atoms with E-state index in [2.05, 4.69) is 15.0 Å². The third-order valence-corrected chi connectivity index (χ3v) is 4.68. The van der Waals surface area contributed by atoms with Gasteiger partial charge in [0.05, 0.1) is 42.9 Å². The summed E-state index contributed by atoms with van der Waals surface area (Å²) in [6.45, 7) is 1.81.